The first-order chi connectivity index (χ1) is 18.0. The van der Waals surface area contributed by atoms with E-state index in [-0.39, 0.29) is 5.83 Å². The lowest BCUT2D eigenvalue weighted by Gasteiger charge is -2.06. The molecule has 210 valence electrons. The summed E-state index contributed by atoms with van der Waals surface area (Å²) in [7, 11) is 3.41. The number of carbonyl (C=O) groups is 1. The van der Waals surface area contributed by atoms with Crippen LogP contribution in [0.1, 0.15) is 26.2 Å². The number of ether oxygens (including phenoxy) is 1. The molecule has 1 aliphatic rings. The summed E-state index contributed by atoms with van der Waals surface area (Å²) in [5.41, 5.74) is 6.86. The van der Waals surface area contributed by atoms with Gasteiger partial charge < -0.3 is 20.6 Å². The summed E-state index contributed by atoms with van der Waals surface area (Å²) >= 11 is 2.02. The Balaban J connectivity index is 0. The van der Waals surface area contributed by atoms with Crippen molar-refractivity contribution in [1.82, 2.24) is 21.5 Å². The minimum absolute atomic E-state index is 0.335. The van der Waals surface area contributed by atoms with Crippen LogP contribution in [0.25, 0.3) is 0 Å². The van der Waals surface area contributed by atoms with Crippen LogP contribution in [0.5, 0.6) is 0 Å². The van der Waals surface area contributed by atoms with E-state index in [1.54, 1.807) is 38.6 Å². The summed E-state index contributed by atoms with van der Waals surface area (Å²) in [6.07, 6.45) is 21.7. The first-order valence-corrected chi connectivity index (χ1v) is 13.5. The number of methoxy groups -OCH3 is 1. The molecule has 0 aromatic carbocycles. The van der Waals surface area contributed by atoms with Crippen LogP contribution in [0.15, 0.2) is 84.9 Å². The van der Waals surface area contributed by atoms with E-state index in [2.05, 4.69) is 53.2 Å². The average molecular weight is 539 g/mol. The van der Waals surface area contributed by atoms with E-state index < -0.39 is 6.23 Å². The molecular formula is C28H47FN4O3S. The Morgan fingerprint density at radius 2 is 2.16 bits per heavy atom. The molecule has 7 nitrogen and oxygen atoms in total. The summed E-state index contributed by atoms with van der Waals surface area (Å²) in [5.74, 6) is 2.16. The molecule has 37 heavy (non-hydrogen) atoms. The number of carbonyl (C=O) groups excluding carboxylic acids is 1. The molecule has 0 aromatic rings. The maximum absolute atomic E-state index is 12.8. The Morgan fingerprint density at radius 1 is 1.35 bits per heavy atom. The zero-order valence-electron chi connectivity index (χ0n) is 22.6. The number of hydrazine groups is 1. The number of hydrogen-bond acceptors (Lipinski definition) is 8. The van der Waals surface area contributed by atoms with Crippen LogP contribution in [0, 0.1) is 0 Å². The number of thioether (sulfide) groups is 1. The normalized spacial score (nSPS) is 17.0. The van der Waals surface area contributed by atoms with Gasteiger partial charge in [0.15, 0.2) is 0 Å². The number of halogens is 1. The van der Waals surface area contributed by atoms with E-state index in [4.69, 9.17) is 4.74 Å². The van der Waals surface area contributed by atoms with Crippen molar-refractivity contribution in [3.8, 4) is 0 Å². The highest BCUT2D eigenvalue weighted by molar-refractivity contribution is 7.99. The Labute approximate surface area is 227 Å². The third-order valence-electron chi connectivity index (χ3n) is 4.18. The van der Waals surface area contributed by atoms with Crippen LogP contribution in [0.2, 0.25) is 0 Å². The summed E-state index contributed by atoms with van der Waals surface area (Å²) in [5, 5.41) is 15.3. The zero-order valence-corrected chi connectivity index (χ0v) is 23.4. The van der Waals surface area contributed by atoms with Crippen molar-refractivity contribution in [3.05, 3.63) is 84.9 Å². The largest absolute Gasteiger partial charge is 0.385 e. The van der Waals surface area contributed by atoms with Crippen LogP contribution in [-0.4, -0.2) is 69.5 Å². The molecule has 0 saturated carbocycles. The molecule has 0 spiro atoms. The van der Waals surface area contributed by atoms with Crippen LogP contribution < -0.4 is 21.5 Å². The lowest BCUT2D eigenvalue weighted by molar-refractivity contribution is -0.104. The minimum atomic E-state index is -0.724. The molecule has 0 amide bonds. The van der Waals surface area contributed by atoms with Crippen molar-refractivity contribution in [2.75, 3.05) is 51.9 Å². The first-order valence-electron chi connectivity index (χ1n) is 12.4. The SMILES string of the molecule is C/C1=C/C=C\CCSC1.C=C/C=C(F)\C=C/CCNC(O)/C=C/NNC.COCCCNC/C=C/C=O. The molecule has 0 aromatic heterocycles. The van der Waals surface area contributed by atoms with Crippen molar-refractivity contribution in [3.63, 3.8) is 0 Å². The molecule has 1 atom stereocenters. The number of allylic oxidation sites excluding steroid dienone is 8. The highest BCUT2D eigenvalue weighted by Gasteiger charge is 1.94. The fraction of sp³-hybridized carbons (Fsp3) is 0.464. The number of hydrogen-bond donors (Lipinski definition) is 5. The number of aliphatic hydroxyl groups is 1. The van der Waals surface area contributed by atoms with E-state index in [0.717, 1.165) is 32.4 Å². The van der Waals surface area contributed by atoms with Gasteiger partial charge in [-0.15, -0.1) is 0 Å². The van der Waals surface area contributed by atoms with E-state index in [0.29, 0.717) is 13.0 Å². The smallest absolute Gasteiger partial charge is 0.142 e. The van der Waals surface area contributed by atoms with Gasteiger partial charge in [0.25, 0.3) is 0 Å². The van der Waals surface area contributed by atoms with Gasteiger partial charge >= 0.3 is 0 Å². The molecule has 0 saturated heterocycles. The van der Waals surface area contributed by atoms with Gasteiger partial charge in [0.05, 0.1) is 0 Å². The van der Waals surface area contributed by atoms with Crippen LogP contribution in [0.3, 0.4) is 0 Å². The van der Waals surface area contributed by atoms with Gasteiger partial charge in [-0.1, -0.05) is 48.6 Å². The molecule has 5 N–H and O–H groups in total. The number of rotatable bonds is 16. The molecule has 1 unspecified atom stereocenters. The van der Waals surface area contributed by atoms with Gasteiger partial charge in [0.1, 0.15) is 18.3 Å². The van der Waals surface area contributed by atoms with Crippen molar-refractivity contribution in [1.29, 1.82) is 0 Å². The molecule has 9 heteroatoms. The molecular weight excluding hydrogens is 491 g/mol. The quantitative estimate of drug-likeness (QED) is 0.0501. The van der Waals surface area contributed by atoms with Crippen molar-refractivity contribution in [2.45, 2.75) is 32.4 Å². The van der Waals surface area contributed by atoms with Crippen molar-refractivity contribution < 1.29 is 19.0 Å². The van der Waals surface area contributed by atoms with Crippen LogP contribution in [0.4, 0.5) is 4.39 Å². The number of aliphatic hydroxyl groups excluding tert-OH is 1. The Kier molecular flexibility index (Phi) is 31.7. The second kappa shape index (κ2) is 31.8. The fourth-order valence-electron chi connectivity index (χ4n) is 2.38. The summed E-state index contributed by atoms with van der Waals surface area (Å²) in [6.45, 7) is 8.59. The van der Waals surface area contributed by atoms with Gasteiger partial charge in [0.2, 0.25) is 0 Å². The highest BCUT2D eigenvalue weighted by atomic mass is 32.2. The molecule has 0 aliphatic carbocycles. The van der Waals surface area contributed by atoms with Gasteiger partial charge in [-0.3, -0.25) is 10.1 Å². The lowest BCUT2D eigenvalue weighted by Crippen LogP contribution is -2.29. The number of aldehydes is 1. The zero-order chi connectivity index (χ0) is 27.8. The van der Waals surface area contributed by atoms with E-state index >= 15 is 0 Å². The Hall–Kier alpha value is -2.27. The Morgan fingerprint density at radius 3 is 2.86 bits per heavy atom. The third-order valence-corrected chi connectivity index (χ3v) is 5.36. The first kappa shape index (κ1) is 36.9. The summed E-state index contributed by atoms with van der Waals surface area (Å²) in [4.78, 5) is 9.81. The number of nitrogens with one attached hydrogen (secondary N) is 4. The van der Waals surface area contributed by atoms with Gasteiger partial charge in [-0.2, -0.15) is 11.8 Å². The van der Waals surface area contributed by atoms with E-state index in [9.17, 15) is 14.3 Å². The second-order valence-electron chi connectivity index (χ2n) is 7.53. The van der Waals surface area contributed by atoms with Crippen molar-refractivity contribution >= 4 is 18.0 Å². The molecule has 1 aliphatic heterocycles. The fourth-order valence-corrected chi connectivity index (χ4v) is 3.25. The predicted octanol–water partition coefficient (Wildman–Crippen LogP) is 4.11. The highest BCUT2D eigenvalue weighted by Crippen LogP contribution is 2.11. The van der Waals surface area contributed by atoms with E-state index in [1.807, 2.05) is 11.8 Å². The lowest BCUT2D eigenvalue weighted by atomic mass is 10.3. The van der Waals surface area contributed by atoms with Crippen molar-refractivity contribution in [2.24, 2.45) is 0 Å². The topological polar surface area (TPSA) is 94.7 Å². The third kappa shape index (κ3) is 33.7. The molecule has 1 rings (SSSR count). The molecule has 0 bridgehead atoms. The molecule has 0 radical (unpaired) electrons. The standard InChI is InChI=1S/C12H20FN3O.C8H15NO2.C8H12S/c1-3-6-11(13)7-4-5-9-15-12(17)8-10-16-14-2;1-11-8-4-6-9-5-2-3-7-10;1-8-5-3-2-4-6-9-7-8/h3-4,6-8,10,12,14-17H,1,5,9H2,2H3;2-3,7,9H,4-6,8H2,1H3;2-3,5H,4,6-7H2,1H3/b7-4-,10-8+,11-6+;3-2+;3-2-,8-5-. The van der Waals surface area contributed by atoms with Gasteiger partial charge in [-0.25, -0.2) is 9.82 Å². The molecule has 0 fully saturated rings. The Bertz CT molecular complexity index is 722. The molecule has 1 heterocycles. The van der Waals surface area contributed by atoms with Gasteiger partial charge in [-0.05, 0) is 62.8 Å². The monoisotopic (exact) mass is 538 g/mol. The maximum Gasteiger partial charge on any atom is 0.142 e. The minimum Gasteiger partial charge on any atom is -0.385 e. The second-order valence-corrected chi connectivity index (χ2v) is 8.63. The maximum atomic E-state index is 12.8. The van der Waals surface area contributed by atoms with Crippen LogP contribution >= 0.6 is 11.8 Å². The average Bonchev–Trinajstić information content (AvgIpc) is 2.87. The van der Waals surface area contributed by atoms with Crippen LogP contribution in [-0.2, 0) is 9.53 Å². The van der Waals surface area contributed by atoms with E-state index in [1.165, 1.54) is 47.8 Å². The summed E-state index contributed by atoms with van der Waals surface area (Å²) < 4.78 is 17.7. The summed E-state index contributed by atoms with van der Waals surface area (Å²) in [6, 6.07) is 0. The predicted molar refractivity (Wildman–Crippen MR) is 158 cm³/mol. The van der Waals surface area contributed by atoms with Gasteiger partial charge in [0, 0.05) is 45.8 Å².